The van der Waals surface area contributed by atoms with Crippen LogP contribution in [0.3, 0.4) is 0 Å². The molecule has 1 fully saturated rings. The summed E-state index contributed by atoms with van der Waals surface area (Å²) in [5.41, 5.74) is -2.14. The van der Waals surface area contributed by atoms with E-state index in [-0.39, 0.29) is 0 Å². The van der Waals surface area contributed by atoms with Crippen molar-refractivity contribution in [3.8, 4) is 0 Å². The zero-order chi connectivity index (χ0) is 25.5. The van der Waals surface area contributed by atoms with Gasteiger partial charge in [-0.3, -0.25) is 24.0 Å². The second-order valence-corrected chi connectivity index (χ2v) is 7.48. The van der Waals surface area contributed by atoms with Crippen LogP contribution in [0.5, 0.6) is 0 Å². The number of ketones is 1. The summed E-state index contributed by atoms with van der Waals surface area (Å²) in [5, 5.41) is 10.5. The summed E-state index contributed by atoms with van der Waals surface area (Å²) in [6, 6.07) is 0. The van der Waals surface area contributed by atoms with Crippen LogP contribution in [0.15, 0.2) is 0 Å². The SMILES string of the molecule is CO[C@@H](O[C@@H]1O[C@H](COC(C)=O)[C@@H](OC(C)=O)[C@H](OC(C)=O)[C@H]1OC(C)=O)[C@@](C)(O)C(C)=O. The van der Waals surface area contributed by atoms with Crippen molar-refractivity contribution in [3.05, 3.63) is 0 Å². The molecule has 1 saturated heterocycles. The Morgan fingerprint density at radius 1 is 0.848 bits per heavy atom. The number of rotatable bonds is 10. The van der Waals surface area contributed by atoms with Gasteiger partial charge < -0.3 is 38.3 Å². The number of Topliss-reactive ketones (excluding diaryl/α,β-unsaturated/α-hetero) is 1. The first-order valence-corrected chi connectivity index (χ1v) is 9.92. The van der Waals surface area contributed by atoms with Crippen molar-refractivity contribution in [1.82, 2.24) is 0 Å². The van der Waals surface area contributed by atoms with E-state index in [0.717, 1.165) is 48.7 Å². The minimum atomic E-state index is -2.14. The van der Waals surface area contributed by atoms with Crippen LogP contribution in [0.1, 0.15) is 41.5 Å². The molecule has 13 heteroatoms. The highest BCUT2D eigenvalue weighted by atomic mass is 16.8. The predicted octanol–water partition coefficient (Wildman–Crippen LogP) is -0.601. The number of hydrogen-bond donors (Lipinski definition) is 1. The molecule has 0 aromatic heterocycles. The number of esters is 4. The molecule has 7 atom stereocenters. The molecule has 0 radical (unpaired) electrons. The number of aliphatic hydroxyl groups is 1. The number of methoxy groups -OCH3 is 1. The summed E-state index contributed by atoms with van der Waals surface area (Å²) in [7, 11) is 1.15. The summed E-state index contributed by atoms with van der Waals surface area (Å²) in [4.78, 5) is 58.5. The van der Waals surface area contributed by atoms with E-state index in [2.05, 4.69) is 0 Å². The highest BCUT2D eigenvalue weighted by molar-refractivity contribution is 5.84. The minimum absolute atomic E-state index is 0.460. The quantitative estimate of drug-likeness (QED) is 0.240. The molecule has 0 spiro atoms. The largest absolute Gasteiger partial charge is 0.463 e. The van der Waals surface area contributed by atoms with E-state index in [0.29, 0.717) is 0 Å². The lowest BCUT2D eigenvalue weighted by molar-refractivity contribution is -0.352. The molecule has 188 valence electrons. The van der Waals surface area contributed by atoms with Gasteiger partial charge in [0.2, 0.25) is 6.29 Å². The van der Waals surface area contributed by atoms with Crippen LogP contribution in [0.4, 0.5) is 0 Å². The second kappa shape index (κ2) is 12.0. The first kappa shape index (κ1) is 28.4. The number of hydrogen-bond acceptors (Lipinski definition) is 13. The Morgan fingerprint density at radius 2 is 1.33 bits per heavy atom. The zero-order valence-electron chi connectivity index (χ0n) is 19.5. The molecule has 0 bridgehead atoms. The van der Waals surface area contributed by atoms with Gasteiger partial charge in [0.1, 0.15) is 12.7 Å². The molecule has 1 aliphatic heterocycles. The molecule has 0 saturated carbocycles. The number of carbonyl (C=O) groups excluding carboxylic acids is 5. The molecule has 1 N–H and O–H groups in total. The van der Waals surface area contributed by atoms with Crippen LogP contribution in [0.2, 0.25) is 0 Å². The highest BCUT2D eigenvalue weighted by Gasteiger charge is 2.54. The molecule has 0 aromatic carbocycles. The lowest BCUT2D eigenvalue weighted by Gasteiger charge is -2.45. The van der Waals surface area contributed by atoms with Gasteiger partial charge in [-0.1, -0.05) is 0 Å². The Labute approximate surface area is 190 Å². The summed E-state index contributed by atoms with van der Waals surface area (Å²) < 4.78 is 37.1. The van der Waals surface area contributed by atoms with Crippen molar-refractivity contribution >= 4 is 29.7 Å². The summed E-state index contributed by atoms with van der Waals surface area (Å²) >= 11 is 0. The molecule has 1 aliphatic rings. The van der Waals surface area contributed by atoms with Gasteiger partial charge in [-0.15, -0.1) is 0 Å². The molecule has 0 aliphatic carbocycles. The molecule has 33 heavy (non-hydrogen) atoms. The standard InChI is InChI=1S/C20H30O13/c1-9(21)20(6,26)19(27-7)33-18-17(31-13(5)25)16(30-12(4)24)15(29-11(3)23)14(32-18)8-28-10(2)22/h14-19,26H,8H2,1-7H3/t14-,15-,16+,17-,18+,19+,20+/m1/s1. The Hall–Kier alpha value is -2.61. The van der Waals surface area contributed by atoms with Crippen LogP contribution >= 0.6 is 0 Å². The van der Waals surface area contributed by atoms with Gasteiger partial charge >= 0.3 is 23.9 Å². The van der Waals surface area contributed by atoms with Crippen molar-refractivity contribution in [1.29, 1.82) is 0 Å². The van der Waals surface area contributed by atoms with Gasteiger partial charge in [-0.25, -0.2) is 0 Å². The molecule has 0 amide bonds. The fourth-order valence-electron chi connectivity index (χ4n) is 3.00. The van der Waals surface area contributed by atoms with Crippen LogP contribution < -0.4 is 0 Å². The van der Waals surface area contributed by atoms with Crippen molar-refractivity contribution in [2.45, 2.75) is 84.1 Å². The fourth-order valence-corrected chi connectivity index (χ4v) is 3.00. The molecular weight excluding hydrogens is 448 g/mol. The van der Waals surface area contributed by atoms with Crippen molar-refractivity contribution in [2.24, 2.45) is 0 Å². The van der Waals surface area contributed by atoms with Gasteiger partial charge in [-0.2, -0.15) is 0 Å². The monoisotopic (exact) mass is 478 g/mol. The molecule has 0 unspecified atom stereocenters. The van der Waals surface area contributed by atoms with Crippen molar-refractivity contribution < 1.29 is 62.2 Å². The molecule has 1 rings (SSSR count). The Morgan fingerprint density at radius 3 is 1.76 bits per heavy atom. The Balaban J connectivity index is 3.47. The van der Waals surface area contributed by atoms with E-state index in [9.17, 15) is 29.1 Å². The Kier molecular flexibility index (Phi) is 10.4. The van der Waals surface area contributed by atoms with E-state index in [1.165, 1.54) is 0 Å². The van der Waals surface area contributed by atoms with E-state index in [1.807, 2.05) is 0 Å². The molecule has 13 nitrogen and oxygen atoms in total. The van der Waals surface area contributed by atoms with Crippen LogP contribution in [0.25, 0.3) is 0 Å². The van der Waals surface area contributed by atoms with Gasteiger partial charge in [0, 0.05) is 34.8 Å². The van der Waals surface area contributed by atoms with Gasteiger partial charge in [0.05, 0.1) is 0 Å². The third kappa shape index (κ3) is 8.03. The summed E-state index contributed by atoms with van der Waals surface area (Å²) in [6.45, 7) is 6.12. The molecule has 1 heterocycles. The first-order valence-electron chi connectivity index (χ1n) is 9.92. The Bertz CT molecular complexity index is 746. The van der Waals surface area contributed by atoms with E-state index >= 15 is 0 Å². The van der Waals surface area contributed by atoms with Crippen molar-refractivity contribution in [2.75, 3.05) is 13.7 Å². The maximum atomic E-state index is 11.9. The van der Waals surface area contributed by atoms with Crippen molar-refractivity contribution in [3.63, 3.8) is 0 Å². The predicted molar refractivity (Wildman–Crippen MR) is 105 cm³/mol. The average molecular weight is 478 g/mol. The average Bonchev–Trinajstić information content (AvgIpc) is 2.67. The third-order valence-corrected chi connectivity index (χ3v) is 4.59. The summed E-state index contributed by atoms with van der Waals surface area (Å²) in [5.74, 6) is -3.83. The van der Waals surface area contributed by atoms with Crippen LogP contribution in [0, 0.1) is 0 Å². The molecular formula is C20H30O13. The van der Waals surface area contributed by atoms with Crippen LogP contribution in [-0.2, 0) is 57.1 Å². The van der Waals surface area contributed by atoms with Gasteiger partial charge in [-0.05, 0) is 13.8 Å². The smallest absolute Gasteiger partial charge is 0.303 e. The topological polar surface area (TPSA) is 170 Å². The third-order valence-electron chi connectivity index (χ3n) is 4.59. The normalized spacial score (nSPS) is 27.5. The van der Waals surface area contributed by atoms with E-state index in [4.69, 9.17) is 33.2 Å². The lowest BCUT2D eigenvalue weighted by Crippen LogP contribution is -2.64. The van der Waals surface area contributed by atoms with Crippen LogP contribution in [-0.4, -0.2) is 91.1 Å². The highest BCUT2D eigenvalue weighted by Crippen LogP contribution is 2.32. The summed E-state index contributed by atoms with van der Waals surface area (Å²) in [6.07, 6.45) is -8.83. The van der Waals surface area contributed by atoms with Gasteiger partial charge in [0.25, 0.3) is 0 Å². The maximum absolute atomic E-state index is 11.9. The first-order chi connectivity index (χ1) is 15.2. The van der Waals surface area contributed by atoms with Gasteiger partial charge in [0.15, 0.2) is 36.0 Å². The van der Waals surface area contributed by atoms with E-state index < -0.39 is 78.9 Å². The zero-order valence-corrected chi connectivity index (χ0v) is 19.5. The maximum Gasteiger partial charge on any atom is 0.303 e. The minimum Gasteiger partial charge on any atom is -0.463 e. The van der Waals surface area contributed by atoms with E-state index in [1.54, 1.807) is 0 Å². The fraction of sp³-hybridized carbons (Fsp3) is 0.750. The second-order valence-electron chi connectivity index (χ2n) is 7.48. The number of carbonyl (C=O) groups is 5. The lowest BCUT2D eigenvalue weighted by atomic mass is 9.97. The number of ether oxygens (including phenoxy) is 7. The molecule has 0 aromatic rings.